The van der Waals surface area contributed by atoms with Gasteiger partial charge in [0.1, 0.15) is 0 Å². The molecule has 5 heteroatoms. The Bertz CT molecular complexity index is 413. The summed E-state index contributed by atoms with van der Waals surface area (Å²) < 4.78 is 7.95. The van der Waals surface area contributed by atoms with Gasteiger partial charge in [0.05, 0.1) is 6.61 Å². The van der Waals surface area contributed by atoms with Gasteiger partial charge in [0, 0.05) is 43.0 Å². The molecule has 1 saturated heterocycles. The number of halogens is 1. The largest absolute Gasteiger partial charge is 0.381 e. The van der Waals surface area contributed by atoms with Crippen LogP contribution in [0.5, 0.6) is 0 Å². The zero-order valence-corrected chi connectivity index (χ0v) is 11.3. The molecule has 0 amide bonds. The van der Waals surface area contributed by atoms with E-state index >= 15 is 0 Å². The molecule has 1 aromatic heterocycles. The molecule has 1 fully saturated rings. The van der Waals surface area contributed by atoms with Crippen LogP contribution in [0, 0.1) is 5.92 Å². The van der Waals surface area contributed by atoms with Crippen molar-refractivity contribution in [2.75, 3.05) is 26.3 Å². The Balaban J connectivity index is 1.74. The zero-order chi connectivity index (χ0) is 12.1. The lowest BCUT2D eigenvalue weighted by Gasteiger charge is -2.10. The van der Waals surface area contributed by atoms with Crippen molar-refractivity contribution in [1.82, 2.24) is 9.88 Å². The summed E-state index contributed by atoms with van der Waals surface area (Å²) in [6.45, 7) is 4.24. The van der Waals surface area contributed by atoms with Crippen LogP contribution in [0.2, 0.25) is 0 Å². The van der Waals surface area contributed by atoms with E-state index in [0.717, 1.165) is 37.2 Å². The quantitative estimate of drug-likeness (QED) is 0.832. The van der Waals surface area contributed by atoms with E-state index in [1.807, 2.05) is 6.20 Å². The second-order valence-electron chi connectivity index (χ2n) is 4.31. The molecule has 4 nitrogen and oxygen atoms in total. The first kappa shape index (κ1) is 12.8. The van der Waals surface area contributed by atoms with Crippen LogP contribution in [0.1, 0.15) is 6.42 Å². The molecule has 0 aromatic carbocycles. The fourth-order valence-electron chi connectivity index (χ4n) is 1.93. The van der Waals surface area contributed by atoms with Crippen molar-refractivity contribution in [3.05, 3.63) is 33.2 Å². The molecule has 1 atom stereocenters. The number of rotatable bonds is 5. The molecule has 1 aliphatic heterocycles. The Morgan fingerprint density at radius 3 is 3.18 bits per heavy atom. The van der Waals surface area contributed by atoms with Gasteiger partial charge in [0.15, 0.2) is 0 Å². The summed E-state index contributed by atoms with van der Waals surface area (Å²) in [5, 5.41) is 3.37. The molecule has 0 aliphatic carbocycles. The number of aromatic nitrogens is 1. The molecular weight excluding hydrogens is 284 g/mol. The van der Waals surface area contributed by atoms with Crippen LogP contribution in [0.4, 0.5) is 0 Å². The first-order valence-electron chi connectivity index (χ1n) is 5.90. The number of hydrogen-bond donors (Lipinski definition) is 1. The minimum Gasteiger partial charge on any atom is -0.381 e. The van der Waals surface area contributed by atoms with Crippen LogP contribution >= 0.6 is 15.9 Å². The van der Waals surface area contributed by atoms with Crippen LogP contribution < -0.4 is 10.9 Å². The van der Waals surface area contributed by atoms with Gasteiger partial charge >= 0.3 is 0 Å². The average Bonchev–Trinajstić information content (AvgIpc) is 2.82. The molecule has 1 aliphatic rings. The van der Waals surface area contributed by atoms with E-state index < -0.39 is 0 Å². The van der Waals surface area contributed by atoms with Crippen LogP contribution in [0.3, 0.4) is 0 Å². The maximum atomic E-state index is 11.5. The van der Waals surface area contributed by atoms with Gasteiger partial charge in [-0.05, 0) is 34.3 Å². The van der Waals surface area contributed by atoms with E-state index in [1.54, 1.807) is 16.7 Å². The summed E-state index contributed by atoms with van der Waals surface area (Å²) in [6, 6.07) is 3.34. The summed E-state index contributed by atoms with van der Waals surface area (Å²) in [4.78, 5) is 11.5. The lowest BCUT2D eigenvalue weighted by molar-refractivity contribution is 0.185. The molecular formula is C12H17BrN2O2. The fourth-order valence-corrected chi connectivity index (χ4v) is 2.31. The van der Waals surface area contributed by atoms with Crippen molar-refractivity contribution < 1.29 is 4.74 Å². The molecule has 0 spiro atoms. The molecule has 1 unspecified atom stereocenters. The number of hydrogen-bond acceptors (Lipinski definition) is 3. The van der Waals surface area contributed by atoms with Gasteiger partial charge in [-0.3, -0.25) is 4.79 Å². The van der Waals surface area contributed by atoms with Crippen LogP contribution in [-0.4, -0.2) is 30.9 Å². The maximum absolute atomic E-state index is 11.5. The minimum absolute atomic E-state index is 0.0409. The summed E-state index contributed by atoms with van der Waals surface area (Å²) in [5.74, 6) is 0.634. The molecule has 2 rings (SSSR count). The summed E-state index contributed by atoms with van der Waals surface area (Å²) in [7, 11) is 0. The van der Waals surface area contributed by atoms with Gasteiger partial charge < -0.3 is 14.6 Å². The van der Waals surface area contributed by atoms with Crippen LogP contribution in [0.15, 0.2) is 27.6 Å². The molecule has 94 valence electrons. The van der Waals surface area contributed by atoms with Crippen LogP contribution in [-0.2, 0) is 11.3 Å². The van der Waals surface area contributed by atoms with E-state index in [1.165, 1.54) is 0 Å². The standard InChI is InChI=1S/C12H17BrN2O2/c13-11-1-2-12(16)15(8-11)5-4-14-7-10-3-6-17-9-10/h1-2,8,10,14H,3-7,9H2. The highest BCUT2D eigenvalue weighted by atomic mass is 79.9. The first-order chi connectivity index (χ1) is 8.25. The first-order valence-corrected chi connectivity index (χ1v) is 6.69. The molecule has 0 radical (unpaired) electrons. The van der Waals surface area contributed by atoms with Crippen molar-refractivity contribution in [2.45, 2.75) is 13.0 Å². The molecule has 0 bridgehead atoms. The fraction of sp³-hybridized carbons (Fsp3) is 0.583. The van der Waals surface area contributed by atoms with E-state index in [0.29, 0.717) is 12.5 Å². The molecule has 2 heterocycles. The highest BCUT2D eigenvalue weighted by Crippen LogP contribution is 2.10. The van der Waals surface area contributed by atoms with Crippen molar-refractivity contribution >= 4 is 15.9 Å². The smallest absolute Gasteiger partial charge is 0.250 e. The third-order valence-corrected chi connectivity index (χ3v) is 3.40. The second-order valence-corrected chi connectivity index (χ2v) is 5.23. The predicted molar refractivity (Wildman–Crippen MR) is 70.2 cm³/mol. The average molecular weight is 301 g/mol. The SMILES string of the molecule is O=c1ccc(Br)cn1CCNCC1CCOC1. The topological polar surface area (TPSA) is 43.3 Å². The third-order valence-electron chi connectivity index (χ3n) is 2.93. The Morgan fingerprint density at radius 1 is 1.53 bits per heavy atom. The number of nitrogens with zero attached hydrogens (tertiary/aromatic N) is 1. The van der Waals surface area contributed by atoms with E-state index in [-0.39, 0.29) is 5.56 Å². The van der Waals surface area contributed by atoms with E-state index in [4.69, 9.17) is 4.74 Å². The van der Waals surface area contributed by atoms with Crippen molar-refractivity contribution in [3.63, 3.8) is 0 Å². The van der Waals surface area contributed by atoms with Gasteiger partial charge in [0.2, 0.25) is 0 Å². The van der Waals surface area contributed by atoms with Gasteiger partial charge in [-0.15, -0.1) is 0 Å². The van der Waals surface area contributed by atoms with Crippen LogP contribution in [0.25, 0.3) is 0 Å². The second kappa shape index (κ2) is 6.33. The molecule has 1 aromatic rings. The predicted octanol–water partition coefficient (Wildman–Crippen LogP) is 1.24. The van der Waals surface area contributed by atoms with Gasteiger partial charge in [-0.2, -0.15) is 0 Å². The highest BCUT2D eigenvalue weighted by Gasteiger charge is 2.14. The number of pyridine rings is 1. The molecule has 17 heavy (non-hydrogen) atoms. The lowest BCUT2D eigenvalue weighted by Crippen LogP contribution is -2.29. The molecule has 0 saturated carbocycles. The normalized spacial score (nSPS) is 19.7. The summed E-state index contributed by atoms with van der Waals surface area (Å²) in [6.07, 6.45) is 2.96. The van der Waals surface area contributed by atoms with Gasteiger partial charge in [0.25, 0.3) is 5.56 Å². The van der Waals surface area contributed by atoms with Gasteiger partial charge in [-0.25, -0.2) is 0 Å². The van der Waals surface area contributed by atoms with Crippen molar-refractivity contribution in [2.24, 2.45) is 5.92 Å². The lowest BCUT2D eigenvalue weighted by atomic mass is 10.1. The highest BCUT2D eigenvalue weighted by molar-refractivity contribution is 9.10. The summed E-state index contributed by atoms with van der Waals surface area (Å²) >= 11 is 3.36. The van der Waals surface area contributed by atoms with Gasteiger partial charge in [-0.1, -0.05) is 0 Å². The minimum atomic E-state index is 0.0409. The number of ether oxygens (including phenoxy) is 1. The summed E-state index contributed by atoms with van der Waals surface area (Å²) in [5.41, 5.74) is 0.0409. The van der Waals surface area contributed by atoms with E-state index in [9.17, 15) is 4.79 Å². The molecule has 1 N–H and O–H groups in total. The van der Waals surface area contributed by atoms with Crippen molar-refractivity contribution in [1.29, 1.82) is 0 Å². The Hall–Kier alpha value is -0.650. The Morgan fingerprint density at radius 2 is 2.41 bits per heavy atom. The monoisotopic (exact) mass is 300 g/mol. The Kier molecular flexibility index (Phi) is 4.76. The zero-order valence-electron chi connectivity index (χ0n) is 9.69. The van der Waals surface area contributed by atoms with Crippen molar-refractivity contribution in [3.8, 4) is 0 Å². The number of nitrogens with one attached hydrogen (secondary N) is 1. The maximum Gasteiger partial charge on any atom is 0.250 e. The Labute approximate surface area is 109 Å². The van der Waals surface area contributed by atoms with E-state index in [2.05, 4.69) is 21.2 Å². The third kappa shape index (κ3) is 3.94.